The molecule has 5 rings (SSSR count). The second kappa shape index (κ2) is 8.68. The summed E-state index contributed by atoms with van der Waals surface area (Å²) in [6.45, 7) is 7.12. The Bertz CT molecular complexity index is 1240. The van der Waals surface area contributed by atoms with E-state index in [0.29, 0.717) is 29.2 Å². The highest BCUT2D eigenvalue weighted by molar-refractivity contribution is 7.10. The summed E-state index contributed by atoms with van der Waals surface area (Å²) in [6, 6.07) is 4.92. The zero-order chi connectivity index (χ0) is 23.1. The normalized spacial score (nSPS) is 16.0. The van der Waals surface area contributed by atoms with Crippen LogP contribution in [-0.2, 0) is 6.42 Å². The van der Waals surface area contributed by atoms with Crippen molar-refractivity contribution in [2.24, 2.45) is 0 Å². The van der Waals surface area contributed by atoms with Crippen LogP contribution in [0, 0.1) is 18.6 Å². The van der Waals surface area contributed by atoms with Gasteiger partial charge in [-0.25, -0.2) is 8.78 Å². The Morgan fingerprint density at radius 2 is 1.85 bits per heavy atom. The van der Waals surface area contributed by atoms with Gasteiger partial charge in [0.1, 0.15) is 16.6 Å². The van der Waals surface area contributed by atoms with E-state index in [1.165, 1.54) is 17.6 Å². The predicted molar refractivity (Wildman–Crippen MR) is 126 cm³/mol. The van der Waals surface area contributed by atoms with E-state index in [2.05, 4.69) is 36.5 Å². The molecular weight excluding hydrogens is 446 g/mol. The summed E-state index contributed by atoms with van der Waals surface area (Å²) in [5, 5.41) is 4.01. The SMILES string of the molecule is CC1=Cc2c(cc(F)c(Oc3nc(Nc4cc(C)ns4)cc(N4CCN(C)CC4)n3)c2F)C1. The van der Waals surface area contributed by atoms with Crippen molar-refractivity contribution in [1.82, 2.24) is 19.2 Å². The molecule has 0 bridgehead atoms. The molecule has 1 aromatic carbocycles. The molecule has 0 amide bonds. The number of ether oxygens (including phenoxy) is 1. The number of nitrogens with zero attached hydrogens (tertiary/aromatic N) is 5. The molecule has 2 aliphatic rings. The molecular formula is C23H24F2N6OS. The topological polar surface area (TPSA) is 66.4 Å². The first-order chi connectivity index (χ1) is 15.9. The molecule has 1 aliphatic heterocycles. The third-order valence-corrected chi connectivity index (χ3v) is 6.55. The zero-order valence-corrected chi connectivity index (χ0v) is 19.5. The van der Waals surface area contributed by atoms with Crippen LogP contribution in [0.5, 0.6) is 11.8 Å². The minimum absolute atomic E-state index is 0.119. The van der Waals surface area contributed by atoms with Gasteiger partial charge >= 0.3 is 6.01 Å². The van der Waals surface area contributed by atoms with Gasteiger partial charge in [-0.3, -0.25) is 0 Å². The summed E-state index contributed by atoms with van der Waals surface area (Å²) in [4.78, 5) is 13.2. The number of aromatic nitrogens is 3. The van der Waals surface area contributed by atoms with Crippen molar-refractivity contribution in [1.29, 1.82) is 0 Å². The van der Waals surface area contributed by atoms with Gasteiger partial charge < -0.3 is 19.9 Å². The molecule has 1 saturated heterocycles. The first kappa shape index (κ1) is 21.7. The third kappa shape index (κ3) is 4.53. The van der Waals surface area contributed by atoms with Gasteiger partial charge in [-0.05, 0) is 56.5 Å². The number of likely N-dealkylation sites (N-methyl/N-ethyl adjacent to an activating group) is 1. The van der Waals surface area contributed by atoms with Crippen molar-refractivity contribution < 1.29 is 13.5 Å². The smallest absolute Gasteiger partial charge is 0.326 e. The molecule has 0 atom stereocenters. The van der Waals surface area contributed by atoms with Gasteiger partial charge in [0.25, 0.3) is 0 Å². The number of hydrogen-bond acceptors (Lipinski definition) is 8. The van der Waals surface area contributed by atoms with Crippen LogP contribution in [0.15, 0.2) is 23.8 Å². The fourth-order valence-electron chi connectivity index (χ4n) is 4.02. The lowest BCUT2D eigenvalue weighted by atomic mass is 10.1. The lowest BCUT2D eigenvalue weighted by Crippen LogP contribution is -2.44. The zero-order valence-electron chi connectivity index (χ0n) is 18.7. The Kier molecular flexibility index (Phi) is 5.71. The molecule has 1 aliphatic carbocycles. The first-order valence-electron chi connectivity index (χ1n) is 10.7. The van der Waals surface area contributed by atoms with E-state index in [4.69, 9.17) is 4.74 Å². The van der Waals surface area contributed by atoms with E-state index in [1.54, 1.807) is 6.08 Å². The fourth-order valence-corrected chi connectivity index (χ4v) is 4.69. The number of halogens is 2. The average molecular weight is 471 g/mol. The number of aryl methyl sites for hydroxylation is 1. The molecule has 10 heteroatoms. The van der Waals surface area contributed by atoms with Crippen LogP contribution in [0.4, 0.5) is 25.4 Å². The van der Waals surface area contributed by atoms with Crippen LogP contribution in [0.25, 0.3) is 6.08 Å². The summed E-state index contributed by atoms with van der Waals surface area (Å²) >= 11 is 1.31. The Hall–Kier alpha value is -3.11. The summed E-state index contributed by atoms with van der Waals surface area (Å²) in [6.07, 6.45) is 2.25. The van der Waals surface area contributed by atoms with Crippen LogP contribution in [0.1, 0.15) is 23.7 Å². The van der Waals surface area contributed by atoms with Crippen molar-refractivity contribution in [3.63, 3.8) is 0 Å². The number of piperazine rings is 1. The number of rotatable bonds is 5. The quantitative estimate of drug-likeness (QED) is 0.576. The molecule has 0 spiro atoms. The standard InChI is InChI=1S/C23H24F2N6OS/c1-13-8-15-11-17(24)22(21(25)16(15)9-13)32-23-27-18(26-20-10-14(2)29-33-20)12-19(28-23)31-6-4-30(3)5-7-31/h9-12H,4-8H2,1-3H3,(H,26,27,28). The van der Waals surface area contributed by atoms with Crippen LogP contribution in [0.2, 0.25) is 0 Å². The van der Waals surface area contributed by atoms with Crippen molar-refractivity contribution in [2.45, 2.75) is 20.3 Å². The molecule has 1 N–H and O–H groups in total. The molecule has 1 fully saturated rings. The molecule has 3 aromatic rings. The summed E-state index contributed by atoms with van der Waals surface area (Å²) in [7, 11) is 2.07. The van der Waals surface area contributed by atoms with Crippen LogP contribution >= 0.6 is 11.5 Å². The first-order valence-corrected chi connectivity index (χ1v) is 11.5. The maximum Gasteiger partial charge on any atom is 0.326 e. The second-order valence-corrected chi connectivity index (χ2v) is 9.29. The van der Waals surface area contributed by atoms with E-state index in [9.17, 15) is 4.39 Å². The highest BCUT2D eigenvalue weighted by Crippen LogP contribution is 2.36. The lowest BCUT2D eigenvalue weighted by Gasteiger charge is -2.33. The van der Waals surface area contributed by atoms with Gasteiger partial charge in [0, 0.05) is 37.8 Å². The van der Waals surface area contributed by atoms with Crippen molar-refractivity contribution in [3.05, 3.63) is 52.2 Å². The van der Waals surface area contributed by atoms with Gasteiger partial charge in [0.15, 0.2) is 11.6 Å². The van der Waals surface area contributed by atoms with Crippen molar-refractivity contribution >= 4 is 34.2 Å². The van der Waals surface area contributed by atoms with Crippen LogP contribution < -0.4 is 15.0 Å². The second-order valence-electron chi connectivity index (χ2n) is 8.49. The minimum Gasteiger partial charge on any atom is -0.418 e. The average Bonchev–Trinajstić information content (AvgIpc) is 3.36. The summed E-state index contributed by atoms with van der Waals surface area (Å²) in [5.41, 5.74) is 2.83. The Morgan fingerprint density at radius 1 is 1.06 bits per heavy atom. The van der Waals surface area contributed by atoms with E-state index in [1.807, 2.05) is 26.0 Å². The van der Waals surface area contributed by atoms with Crippen molar-refractivity contribution in [3.8, 4) is 11.8 Å². The van der Waals surface area contributed by atoms with Gasteiger partial charge in [-0.1, -0.05) is 11.6 Å². The number of fused-ring (bicyclic) bond motifs is 1. The maximum absolute atomic E-state index is 15.1. The van der Waals surface area contributed by atoms with Crippen LogP contribution in [0.3, 0.4) is 0 Å². The Morgan fingerprint density at radius 3 is 2.58 bits per heavy atom. The molecule has 0 unspecified atom stereocenters. The number of allylic oxidation sites excluding steroid dienone is 1. The lowest BCUT2D eigenvalue weighted by molar-refractivity contribution is 0.311. The molecule has 0 saturated carbocycles. The fraction of sp³-hybridized carbons (Fsp3) is 0.348. The van der Waals surface area contributed by atoms with Gasteiger partial charge in [-0.2, -0.15) is 14.3 Å². The predicted octanol–water partition coefficient (Wildman–Crippen LogP) is 4.77. The molecule has 0 radical (unpaired) electrons. The Balaban J connectivity index is 1.50. The van der Waals surface area contributed by atoms with E-state index in [0.717, 1.165) is 42.4 Å². The molecule has 172 valence electrons. The minimum atomic E-state index is -0.768. The molecule has 3 heterocycles. The molecule has 33 heavy (non-hydrogen) atoms. The number of hydrogen-bond donors (Lipinski definition) is 1. The highest BCUT2D eigenvalue weighted by Gasteiger charge is 2.24. The number of anilines is 3. The number of benzene rings is 1. The molecule has 7 nitrogen and oxygen atoms in total. The highest BCUT2D eigenvalue weighted by atomic mass is 32.1. The Labute approximate surface area is 194 Å². The van der Waals surface area contributed by atoms with E-state index >= 15 is 4.39 Å². The van der Waals surface area contributed by atoms with Gasteiger partial charge in [0.2, 0.25) is 5.75 Å². The van der Waals surface area contributed by atoms with Gasteiger partial charge in [0.05, 0.1) is 5.69 Å². The van der Waals surface area contributed by atoms with Crippen molar-refractivity contribution in [2.75, 3.05) is 43.4 Å². The summed E-state index contributed by atoms with van der Waals surface area (Å²) < 4.78 is 39.8. The van der Waals surface area contributed by atoms with Crippen LogP contribution in [-0.4, -0.2) is 52.5 Å². The van der Waals surface area contributed by atoms with E-state index in [-0.39, 0.29) is 6.01 Å². The number of nitrogens with one attached hydrogen (secondary N) is 1. The van der Waals surface area contributed by atoms with E-state index < -0.39 is 17.4 Å². The van der Waals surface area contributed by atoms with Gasteiger partial charge in [-0.15, -0.1) is 0 Å². The summed E-state index contributed by atoms with van der Waals surface area (Å²) in [5.74, 6) is -0.891. The molecule has 2 aromatic heterocycles. The monoisotopic (exact) mass is 470 g/mol. The third-order valence-electron chi connectivity index (χ3n) is 5.75. The maximum atomic E-state index is 15.1. The largest absolute Gasteiger partial charge is 0.418 e.